The lowest BCUT2D eigenvalue weighted by Crippen LogP contribution is -2.18. The van der Waals surface area contributed by atoms with Crippen LogP contribution in [0.3, 0.4) is 0 Å². The van der Waals surface area contributed by atoms with E-state index in [1.165, 1.54) is 12.1 Å². The molecule has 12 heteroatoms. The summed E-state index contributed by atoms with van der Waals surface area (Å²) in [5, 5.41) is 14.3. The summed E-state index contributed by atoms with van der Waals surface area (Å²) in [6.07, 6.45) is 3.55. The molecule has 1 aliphatic heterocycles. The van der Waals surface area contributed by atoms with Gasteiger partial charge in [-0.15, -0.1) is 0 Å². The van der Waals surface area contributed by atoms with E-state index in [9.17, 15) is 14.9 Å². The molecule has 0 saturated carbocycles. The Hall–Kier alpha value is -4.58. The summed E-state index contributed by atoms with van der Waals surface area (Å²) in [6, 6.07) is 13.4. The summed E-state index contributed by atoms with van der Waals surface area (Å²) in [7, 11) is 0. The smallest absolute Gasteiger partial charge is 0.404 e. The Morgan fingerprint density at radius 3 is 2.78 bits per heavy atom. The van der Waals surface area contributed by atoms with Gasteiger partial charge in [-0.25, -0.2) is 14.8 Å². The van der Waals surface area contributed by atoms with Gasteiger partial charge in [-0.05, 0) is 30.9 Å². The van der Waals surface area contributed by atoms with E-state index >= 15 is 0 Å². The van der Waals surface area contributed by atoms with Crippen molar-refractivity contribution in [2.75, 3.05) is 11.9 Å². The summed E-state index contributed by atoms with van der Waals surface area (Å²) in [4.78, 5) is 35.6. The summed E-state index contributed by atoms with van der Waals surface area (Å²) in [5.41, 5.74) is 8.76. The number of fused-ring (bicyclic) bond motifs is 1. The lowest BCUT2D eigenvalue weighted by molar-refractivity contribution is -0.384. The quantitative estimate of drug-likeness (QED) is 0.282. The Bertz CT molecular complexity index is 1410. The molecule has 36 heavy (non-hydrogen) atoms. The lowest BCUT2D eigenvalue weighted by atomic mass is 10.1. The second kappa shape index (κ2) is 9.96. The number of hydrogen-bond acceptors (Lipinski definition) is 9. The van der Waals surface area contributed by atoms with Gasteiger partial charge in [-0.2, -0.15) is 4.98 Å². The minimum Gasteiger partial charge on any atom is -0.445 e. The van der Waals surface area contributed by atoms with E-state index in [0.29, 0.717) is 29.2 Å². The van der Waals surface area contributed by atoms with Crippen LogP contribution in [-0.4, -0.2) is 37.1 Å². The van der Waals surface area contributed by atoms with Crippen molar-refractivity contribution in [1.29, 1.82) is 0 Å². The Morgan fingerprint density at radius 1 is 1.22 bits per heavy atom. The second-order valence-corrected chi connectivity index (χ2v) is 8.28. The number of ether oxygens (including phenoxy) is 2. The number of carbonyl (C=O) groups excluding carboxylic acids is 1. The van der Waals surface area contributed by atoms with Gasteiger partial charge in [0.25, 0.3) is 5.69 Å². The van der Waals surface area contributed by atoms with E-state index in [1.54, 1.807) is 30.6 Å². The molecule has 0 aliphatic carbocycles. The number of primary amides is 1. The van der Waals surface area contributed by atoms with Crippen molar-refractivity contribution in [2.45, 2.75) is 32.1 Å². The number of nitrogens with zero attached hydrogens (tertiary/aromatic N) is 5. The van der Waals surface area contributed by atoms with Gasteiger partial charge in [0.1, 0.15) is 24.0 Å². The maximum absolute atomic E-state index is 11.2. The number of aromatic nitrogens is 4. The minimum absolute atomic E-state index is 0.0456. The van der Waals surface area contributed by atoms with Crippen LogP contribution in [0.15, 0.2) is 54.9 Å². The number of nitro benzene ring substituents is 1. The number of non-ortho nitro benzene ring substituents is 1. The van der Waals surface area contributed by atoms with Crippen molar-refractivity contribution < 1.29 is 19.2 Å². The Morgan fingerprint density at radius 2 is 2.06 bits per heavy atom. The van der Waals surface area contributed by atoms with Crippen molar-refractivity contribution in [3.8, 4) is 11.3 Å². The molecule has 3 N–H and O–H groups in total. The first kappa shape index (κ1) is 23.2. The number of benzene rings is 2. The molecule has 1 atom stereocenters. The zero-order chi connectivity index (χ0) is 25.1. The van der Waals surface area contributed by atoms with E-state index in [2.05, 4.69) is 20.3 Å². The fourth-order valence-corrected chi connectivity index (χ4v) is 4.07. The third kappa shape index (κ3) is 4.93. The fourth-order valence-electron chi connectivity index (χ4n) is 4.07. The molecule has 0 radical (unpaired) electrons. The number of hydrogen-bond donors (Lipinski definition) is 2. The van der Waals surface area contributed by atoms with Crippen LogP contribution in [0.1, 0.15) is 31.1 Å². The molecule has 1 aliphatic rings. The van der Waals surface area contributed by atoms with Gasteiger partial charge < -0.3 is 20.5 Å². The van der Waals surface area contributed by atoms with Crippen molar-refractivity contribution >= 4 is 34.6 Å². The van der Waals surface area contributed by atoms with Gasteiger partial charge in [0, 0.05) is 30.0 Å². The third-order valence-corrected chi connectivity index (χ3v) is 5.81. The highest BCUT2D eigenvalue weighted by atomic mass is 16.6. The molecule has 184 valence electrons. The summed E-state index contributed by atoms with van der Waals surface area (Å²) in [5.74, 6) is 0.261. The maximum Gasteiger partial charge on any atom is 0.404 e. The Labute approximate surface area is 205 Å². The summed E-state index contributed by atoms with van der Waals surface area (Å²) < 4.78 is 12.7. The van der Waals surface area contributed by atoms with E-state index in [-0.39, 0.29) is 24.5 Å². The van der Waals surface area contributed by atoms with Crippen LogP contribution in [0.2, 0.25) is 0 Å². The monoisotopic (exact) mass is 489 g/mol. The van der Waals surface area contributed by atoms with Gasteiger partial charge in [-0.3, -0.25) is 14.7 Å². The van der Waals surface area contributed by atoms with Crippen LogP contribution in [0.4, 0.5) is 22.1 Å². The first-order chi connectivity index (χ1) is 17.5. The topological polar surface area (TPSA) is 160 Å². The van der Waals surface area contributed by atoms with Crippen LogP contribution in [-0.2, 0) is 16.1 Å². The van der Waals surface area contributed by atoms with Crippen LogP contribution < -0.4 is 11.1 Å². The highest BCUT2D eigenvalue weighted by molar-refractivity contribution is 5.88. The van der Waals surface area contributed by atoms with E-state index in [0.717, 1.165) is 30.4 Å². The van der Waals surface area contributed by atoms with E-state index < -0.39 is 11.0 Å². The number of carbonyl (C=O) groups is 1. The van der Waals surface area contributed by atoms with Crippen LogP contribution >= 0.6 is 0 Å². The molecular formula is C24H23N7O5. The highest BCUT2D eigenvalue weighted by Crippen LogP contribution is 2.32. The van der Waals surface area contributed by atoms with Gasteiger partial charge >= 0.3 is 6.09 Å². The zero-order valence-corrected chi connectivity index (χ0v) is 19.2. The SMILES string of the molecule is NC(=O)OCc1ccc(-c2nc(Nc3cccc([N+](=O)[O-])c3)nc3c2ncn3C2CCCCO2)cc1. The number of imidazole rings is 1. The zero-order valence-electron chi connectivity index (χ0n) is 19.2. The van der Waals surface area contributed by atoms with Gasteiger partial charge in [-0.1, -0.05) is 30.3 Å². The van der Waals surface area contributed by atoms with Gasteiger partial charge in [0.15, 0.2) is 5.65 Å². The summed E-state index contributed by atoms with van der Waals surface area (Å²) in [6.45, 7) is 0.720. The number of rotatable bonds is 7. The number of amides is 1. The highest BCUT2D eigenvalue weighted by Gasteiger charge is 2.22. The summed E-state index contributed by atoms with van der Waals surface area (Å²) >= 11 is 0. The molecule has 1 fully saturated rings. The first-order valence-electron chi connectivity index (χ1n) is 11.4. The minimum atomic E-state index is -0.844. The molecule has 1 unspecified atom stereocenters. The molecule has 2 aromatic heterocycles. The van der Waals surface area contributed by atoms with Crippen molar-refractivity contribution in [1.82, 2.24) is 19.5 Å². The Kier molecular flexibility index (Phi) is 6.41. The standard InChI is InChI=1S/C24H23N7O5/c25-23(32)36-13-15-7-9-16(10-8-15)20-21-22(30(14-26-21)19-6-1-2-11-35-19)29-24(28-20)27-17-4-3-5-18(12-17)31(33)34/h3-5,7-10,12,14,19H,1-2,6,11,13H2,(H2,25,32)(H,27,28,29). The van der Waals surface area contributed by atoms with Gasteiger partial charge in [0.05, 0.1) is 11.3 Å². The van der Waals surface area contributed by atoms with Crippen molar-refractivity contribution in [2.24, 2.45) is 5.73 Å². The van der Waals surface area contributed by atoms with Gasteiger partial charge in [0.2, 0.25) is 5.95 Å². The normalized spacial score (nSPS) is 15.5. The lowest BCUT2D eigenvalue weighted by Gasteiger charge is -2.23. The predicted molar refractivity (Wildman–Crippen MR) is 130 cm³/mol. The van der Waals surface area contributed by atoms with Crippen LogP contribution in [0.5, 0.6) is 0 Å². The predicted octanol–water partition coefficient (Wildman–Crippen LogP) is 4.44. The number of anilines is 2. The first-order valence-corrected chi connectivity index (χ1v) is 11.4. The molecule has 4 aromatic rings. The molecular weight excluding hydrogens is 466 g/mol. The van der Waals surface area contributed by atoms with Crippen molar-refractivity contribution in [3.05, 3.63) is 70.5 Å². The third-order valence-electron chi connectivity index (χ3n) is 5.81. The molecule has 1 saturated heterocycles. The number of nitrogens with two attached hydrogens (primary N) is 1. The molecule has 2 aromatic carbocycles. The van der Waals surface area contributed by atoms with Crippen LogP contribution in [0, 0.1) is 10.1 Å². The average molecular weight is 489 g/mol. The fraction of sp³-hybridized carbons (Fsp3) is 0.250. The molecule has 1 amide bonds. The van der Waals surface area contributed by atoms with E-state index in [4.69, 9.17) is 15.2 Å². The molecule has 5 rings (SSSR count). The molecule has 12 nitrogen and oxygen atoms in total. The molecule has 3 heterocycles. The molecule has 0 spiro atoms. The largest absolute Gasteiger partial charge is 0.445 e. The number of nitro groups is 1. The molecule has 0 bridgehead atoms. The van der Waals surface area contributed by atoms with Crippen molar-refractivity contribution in [3.63, 3.8) is 0 Å². The number of nitrogens with one attached hydrogen (secondary N) is 1. The van der Waals surface area contributed by atoms with E-state index in [1.807, 2.05) is 16.7 Å². The maximum atomic E-state index is 11.2. The van der Waals surface area contributed by atoms with Crippen LogP contribution in [0.25, 0.3) is 22.4 Å². The average Bonchev–Trinajstić information content (AvgIpc) is 3.32. The Balaban J connectivity index is 1.56. The second-order valence-electron chi connectivity index (χ2n) is 8.28.